The average Bonchev–Trinajstić information content (AvgIpc) is 1.64. The van der Waals surface area contributed by atoms with Gasteiger partial charge < -0.3 is 5.48 Å². The second-order valence-corrected chi connectivity index (χ2v) is 5.78. The molecule has 0 heterocycles. The Morgan fingerprint density at radius 2 is 1.40 bits per heavy atom. The van der Waals surface area contributed by atoms with E-state index in [2.05, 4.69) is 13.8 Å². The van der Waals surface area contributed by atoms with E-state index in [-0.39, 0.29) is 5.48 Å². The van der Waals surface area contributed by atoms with Gasteiger partial charge in [0.05, 0.1) is 9.93 Å². The lowest BCUT2D eigenvalue weighted by atomic mass is 10.6. The van der Waals surface area contributed by atoms with Crippen molar-refractivity contribution in [2.75, 3.05) is 17.8 Å². The van der Waals surface area contributed by atoms with E-state index in [1.807, 2.05) is 6.26 Å². The smallest absolute Gasteiger partial charge is 0.111 e. The van der Waals surface area contributed by atoms with E-state index in [0.717, 1.165) is 24.3 Å². The normalized spacial score (nSPS) is 10.7. The van der Waals surface area contributed by atoms with Crippen LogP contribution in [0.5, 0.6) is 0 Å². The minimum Gasteiger partial charge on any atom is -0.870 e. The third-order valence-corrected chi connectivity index (χ3v) is 3.82. The van der Waals surface area contributed by atoms with E-state index in [9.17, 15) is 4.21 Å². The molecular weight excluding hydrogens is 148 g/mol. The quantitative estimate of drug-likeness (QED) is 0.597. The van der Waals surface area contributed by atoms with Gasteiger partial charge in [0, 0.05) is 0 Å². The molecule has 0 aromatic heterocycles. The molecule has 0 saturated heterocycles. The van der Waals surface area contributed by atoms with E-state index in [4.69, 9.17) is 0 Å². The summed E-state index contributed by atoms with van der Waals surface area (Å²) in [5.74, 6) is 1.81. The molecule has 3 heteroatoms. The Labute approximate surface area is 64.8 Å². The van der Waals surface area contributed by atoms with Crippen molar-refractivity contribution in [1.82, 2.24) is 0 Å². The molecule has 0 aliphatic heterocycles. The number of hydrogen-bond donors (Lipinski definition) is 0. The van der Waals surface area contributed by atoms with Crippen molar-refractivity contribution in [3.8, 4) is 0 Å². The van der Waals surface area contributed by atoms with Crippen LogP contribution in [-0.4, -0.2) is 23.2 Å². The standard InChI is InChI=1S/C7H17OS.H2O/c1-4-6-9(3,8)7-5-2;/h4-7H2,1-3H3;1H2/q+1;/p-1. The lowest BCUT2D eigenvalue weighted by Gasteiger charge is -2.02. The summed E-state index contributed by atoms with van der Waals surface area (Å²) in [5.41, 5.74) is 0. The fraction of sp³-hybridized carbons (Fsp3) is 1.00. The highest BCUT2D eigenvalue weighted by atomic mass is 32.2. The van der Waals surface area contributed by atoms with Crippen LogP contribution in [0.1, 0.15) is 26.7 Å². The van der Waals surface area contributed by atoms with Gasteiger partial charge >= 0.3 is 0 Å². The van der Waals surface area contributed by atoms with Gasteiger partial charge in [0.1, 0.15) is 17.8 Å². The summed E-state index contributed by atoms with van der Waals surface area (Å²) in [6.45, 7) is 4.16. The van der Waals surface area contributed by atoms with Gasteiger partial charge in [-0.05, 0) is 12.8 Å². The first-order valence-corrected chi connectivity index (χ1v) is 5.87. The molecule has 0 aliphatic carbocycles. The second kappa shape index (κ2) is 5.86. The highest BCUT2D eigenvalue weighted by Crippen LogP contribution is 2.03. The van der Waals surface area contributed by atoms with Crippen molar-refractivity contribution in [1.29, 1.82) is 0 Å². The Morgan fingerprint density at radius 1 is 1.10 bits per heavy atom. The highest BCUT2D eigenvalue weighted by molar-refractivity contribution is 8.02. The zero-order chi connectivity index (χ0) is 7.33. The Morgan fingerprint density at radius 3 is 1.60 bits per heavy atom. The van der Waals surface area contributed by atoms with Gasteiger partial charge in [0.15, 0.2) is 0 Å². The summed E-state index contributed by atoms with van der Waals surface area (Å²) in [4.78, 5) is 0. The van der Waals surface area contributed by atoms with Crippen molar-refractivity contribution < 1.29 is 9.69 Å². The molecule has 0 unspecified atom stereocenters. The predicted octanol–water partition coefficient (Wildman–Crippen LogP) is 1.76. The average molecular weight is 166 g/mol. The summed E-state index contributed by atoms with van der Waals surface area (Å²) in [5, 5.41) is 0. The minimum absolute atomic E-state index is 0. The van der Waals surface area contributed by atoms with Gasteiger partial charge in [-0.2, -0.15) is 0 Å². The molecule has 2 nitrogen and oxygen atoms in total. The topological polar surface area (TPSA) is 47.1 Å². The highest BCUT2D eigenvalue weighted by Gasteiger charge is 2.16. The Balaban J connectivity index is 0. The first kappa shape index (κ1) is 12.8. The minimum atomic E-state index is -1.43. The van der Waals surface area contributed by atoms with E-state index in [1.54, 1.807) is 0 Å². The van der Waals surface area contributed by atoms with Gasteiger partial charge in [-0.25, -0.2) is 0 Å². The van der Waals surface area contributed by atoms with Crippen LogP contribution in [0.3, 0.4) is 0 Å². The van der Waals surface area contributed by atoms with Gasteiger partial charge in [-0.3, -0.25) is 0 Å². The number of hydrogen-bond acceptors (Lipinski definition) is 2. The third kappa shape index (κ3) is 6.23. The SMILES string of the molecule is CCC[S+](C)(=O)CCC.[OH-]. The van der Waals surface area contributed by atoms with Crippen LogP contribution in [0.15, 0.2) is 0 Å². The molecule has 0 fully saturated rings. The summed E-state index contributed by atoms with van der Waals surface area (Å²) in [6, 6.07) is 0. The van der Waals surface area contributed by atoms with Crippen LogP contribution in [-0.2, 0) is 14.1 Å². The van der Waals surface area contributed by atoms with Crippen molar-refractivity contribution in [3.05, 3.63) is 0 Å². The van der Waals surface area contributed by atoms with Crippen LogP contribution in [0.4, 0.5) is 0 Å². The summed E-state index contributed by atoms with van der Waals surface area (Å²) in [7, 11) is -1.43. The molecule has 0 amide bonds. The summed E-state index contributed by atoms with van der Waals surface area (Å²) < 4.78 is 11.4. The van der Waals surface area contributed by atoms with E-state index in [0.29, 0.717) is 0 Å². The van der Waals surface area contributed by atoms with Crippen LogP contribution in [0, 0.1) is 0 Å². The van der Waals surface area contributed by atoms with Gasteiger partial charge in [-0.15, -0.1) is 4.21 Å². The first-order chi connectivity index (χ1) is 4.12. The molecular formula is C7H18O2S. The number of rotatable bonds is 4. The second-order valence-electron chi connectivity index (χ2n) is 2.59. The molecule has 1 N–H and O–H groups in total. The lowest BCUT2D eigenvalue weighted by Crippen LogP contribution is -2.16. The largest absolute Gasteiger partial charge is 0.870 e. The van der Waals surface area contributed by atoms with Gasteiger partial charge in [-0.1, -0.05) is 13.8 Å². The molecule has 0 aromatic carbocycles. The molecule has 0 spiro atoms. The zero-order valence-corrected chi connectivity index (χ0v) is 7.91. The Hall–Kier alpha value is 0.110. The van der Waals surface area contributed by atoms with Crippen molar-refractivity contribution >= 4 is 9.93 Å². The molecule has 10 heavy (non-hydrogen) atoms. The monoisotopic (exact) mass is 166 g/mol. The van der Waals surface area contributed by atoms with Crippen LogP contribution in [0.25, 0.3) is 0 Å². The van der Waals surface area contributed by atoms with E-state index >= 15 is 0 Å². The Kier molecular flexibility index (Phi) is 7.48. The van der Waals surface area contributed by atoms with E-state index < -0.39 is 9.93 Å². The molecule has 0 aromatic rings. The molecule has 0 aliphatic rings. The van der Waals surface area contributed by atoms with E-state index in [1.165, 1.54) is 0 Å². The van der Waals surface area contributed by atoms with Crippen LogP contribution < -0.4 is 0 Å². The fourth-order valence-electron chi connectivity index (χ4n) is 0.966. The van der Waals surface area contributed by atoms with Crippen molar-refractivity contribution in [2.24, 2.45) is 0 Å². The molecule has 0 atom stereocenters. The maximum absolute atomic E-state index is 11.4. The Bertz CT molecular complexity index is 102. The van der Waals surface area contributed by atoms with Crippen LogP contribution >= 0.6 is 0 Å². The third-order valence-electron chi connectivity index (χ3n) is 1.27. The van der Waals surface area contributed by atoms with Crippen molar-refractivity contribution in [2.45, 2.75) is 26.7 Å². The van der Waals surface area contributed by atoms with Gasteiger partial charge in [0.2, 0.25) is 0 Å². The molecule has 0 rings (SSSR count). The van der Waals surface area contributed by atoms with Gasteiger partial charge in [0.25, 0.3) is 0 Å². The maximum Gasteiger partial charge on any atom is 0.111 e. The summed E-state index contributed by atoms with van der Waals surface area (Å²) in [6.07, 6.45) is 3.99. The maximum atomic E-state index is 11.4. The zero-order valence-electron chi connectivity index (χ0n) is 7.09. The molecule has 0 radical (unpaired) electrons. The molecule has 0 saturated carbocycles. The fourth-order valence-corrected chi connectivity index (χ4v) is 2.90. The lowest BCUT2D eigenvalue weighted by molar-refractivity contribution is 0.586. The summed E-state index contributed by atoms with van der Waals surface area (Å²) >= 11 is 0. The predicted molar refractivity (Wildman–Crippen MR) is 46.2 cm³/mol. The first-order valence-electron chi connectivity index (χ1n) is 3.57. The molecule has 64 valence electrons. The van der Waals surface area contributed by atoms with Crippen LogP contribution in [0.2, 0.25) is 0 Å². The van der Waals surface area contributed by atoms with Crippen molar-refractivity contribution in [3.63, 3.8) is 0 Å². The molecule has 0 bridgehead atoms.